The SMILES string of the molecule is CNC(=O)c1cc(NC(=O)CCCN2C(=O)c3ccccc3N3C(=O)CCC23C)ccc1F. The van der Waals surface area contributed by atoms with E-state index in [1.54, 1.807) is 28.0 Å². The summed E-state index contributed by atoms with van der Waals surface area (Å²) in [5, 5.41) is 5.01. The van der Waals surface area contributed by atoms with Gasteiger partial charge in [-0.05, 0) is 50.1 Å². The van der Waals surface area contributed by atoms with Gasteiger partial charge in [0.05, 0.1) is 16.8 Å². The molecule has 1 saturated heterocycles. The highest BCUT2D eigenvalue weighted by molar-refractivity contribution is 6.10. The van der Waals surface area contributed by atoms with Crippen LogP contribution in [0.25, 0.3) is 0 Å². The van der Waals surface area contributed by atoms with Crippen LogP contribution in [0.5, 0.6) is 0 Å². The third-order valence-corrected chi connectivity index (χ3v) is 6.25. The number of para-hydroxylation sites is 1. The monoisotopic (exact) mass is 452 g/mol. The molecule has 9 heteroatoms. The number of nitrogens with one attached hydrogen (secondary N) is 2. The van der Waals surface area contributed by atoms with Gasteiger partial charge in [-0.2, -0.15) is 0 Å². The first-order valence-corrected chi connectivity index (χ1v) is 10.8. The molecule has 33 heavy (non-hydrogen) atoms. The zero-order valence-corrected chi connectivity index (χ0v) is 18.5. The van der Waals surface area contributed by atoms with Gasteiger partial charge in [0.2, 0.25) is 11.8 Å². The van der Waals surface area contributed by atoms with Crippen molar-refractivity contribution < 1.29 is 23.6 Å². The van der Waals surface area contributed by atoms with E-state index in [-0.39, 0.29) is 29.7 Å². The molecule has 2 aromatic carbocycles. The zero-order valence-electron chi connectivity index (χ0n) is 18.5. The van der Waals surface area contributed by atoms with Crippen molar-refractivity contribution >= 4 is 35.0 Å². The van der Waals surface area contributed by atoms with Gasteiger partial charge in [0.1, 0.15) is 11.5 Å². The second kappa shape index (κ2) is 8.65. The lowest BCUT2D eigenvalue weighted by molar-refractivity contribution is -0.118. The maximum atomic E-state index is 13.8. The molecule has 0 aromatic heterocycles. The highest BCUT2D eigenvalue weighted by Gasteiger charge is 2.52. The zero-order chi connectivity index (χ0) is 23.8. The average Bonchev–Trinajstić information content (AvgIpc) is 3.12. The average molecular weight is 452 g/mol. The number of rotatable bonds is 6. The molecule has 1 fully saturated rings. The van der Waals surface area contributed by atoms with Crippen molar-refractivity contribution in [2.45, 2.75) is 38.3 Å². The van der Waals surface area contributed by atoms with Crippen molar-refractivity contribution in [2.24, 2.45) is 0 Å². The third-order valence-electron chi connectivity index (χ3n) is 6.25. The lowest BCUT2D eigenvalue weighted by Crippen LogP contribution is -2.62. The molecule has 8 nitrogen and oxygen atoms in total. The van der Waals surface area contributed by atoms with Gasteiger partial charge in [0.25, 0.3) is 11.8 Å². The van der Waals surface area contributed by atoms with E-state index in [4.69, 9.17) is 0 Å². The van der Waals surface area contributed by atoms with Crippen LogP contribution in [0.1, 0.15) is 53.3 Å². The predicted octanol–water partition coefficient (Wildman–Crippen LogP) is 2.90. The van der Waals surface area contributed by atoms with Crippen LogP contribution in [0.15, 0.2) is 42.5 Å². The molecule has 0 saturated carbocycles. The van der Waals surface area contributed by atoms with Crippen molar-refractivity contribution in [3.05, 3.63) is 59.4 Å². The molecule has 0 radical (unpaired) electrons. The molecule has 4 amide bonds. The first-order chi connectivity index (χ1) is 15.8. The minimum atomic E-state index is -0.766. The van der Waals surface area contributed by atoms with Crippen LogP contribution in [-0.4, -0.2) is 47.8 Å². The number of hydrogen-bond acceptors (Lipinski definition) is 4. The molecule has 2 aromatic rings. The Morgan fingerprint density at radius 3 is 2.67 bits per heavy atom. The maximum Gasteiger partial charge on any atom is 0.257 e. The summed E-state index contributed by atoms with van der Waals surface area (Å²) in [6.45, 7) is 2.18. The minimum Gasteiger partial charge on any atom is -0.355 e. The van der Waals surface area contributed by atoms with Gasteiger partial charge in [0, 0.05) is 32.1 Å². The number of carbonyl (C=O) groups is 4. The van der Waals surface area contributed by atoms with E-state index in [1.165, 1.54) is 19.2 Å². The van der Waals surface area contributed by atoms with Gasteiger partial charge >= 0.3 is 0 Å². The Kier molecular flexibility index (Phi) is 5.88. The Morgan fingerprint density at radius 2 is 1.91 bits per heavy atom. The number of amides is 4. The normalized spacial score (nSPS) is 19.2. The third kappa shape index (κ3) is 3.94. The molecular formula is C24H25FN4O4. The van der Waals surface area contributed by atoms with Gasteiger partial charge in [-0.15, -0.1) is 0 Å². The molecule has 1 unspecified atom stereocenters. The summed E-state index contributed by atoms with van der Waals surface area (Å²) in [4.78, 5) is 53.4. The second-order valence-corrected chi connectivity index (χ2v) is 8.35. The summed E-state index contributed by atoms with van der Waals surface area (Å²) in [7, 11) is 1.40. The Hall–Kier alpha value is -3.75. The van der Waals surface area contributed by atoms with E-state index in [0.717, 1.165) is 6.07 Å². The van der Waals surface area contributed by atoms with E-state index in [2.05, 4.69) is 10.6 Å². The molecule has 0 spiro atoms. The van der Waals surface area contributed by atoms with E-state index >= 15 is 0 Å². The van der Waals surface area contributed by atoms with Gasteiger partial charge in [-0.25, -0.2) is 4.39 Å². The van der Waals surface area contributed by atoms with Crippen LogP contribution >= 0.6 is 0 Å². The number of benzene rings is 2. The van der Waals surface area contributed by atoms with E-state index in [0.29, 0.717) is 42.7 Å². The van der Waals surface area contributed by atoms with Gasteiger partial charge in [0.15, 0.2) is 0 Å². The van der Waals surface area contributed by atoms with Gasteiger partial charge in [-0.3, -0.25) is 24.1 Å². The Morgan fingerprint density at radius 1 is 1.15 bits per heavy atom. The number of hydrogen-bond donors (Lipinski definition) is 2. The lowest BCUT2D eigenvalue weighted by atomic mass is 9.98. The number of anilines is 2. The highest BCUT2D eigenvalue weighted by Crippen LogP contribution is 2.44. The van der Waals surface area contributed by atoms with E-state index in [9.17, 15) is 23.6 Å². The van der Waals surface area contributed by atoms with Gasteiger partial charge < -0.3 is 15.5 Å². The van der Waals surface area contributed by atoms with Crippen molar-refractivity contribution in [3.8, 4) is 0 Å². The second-order valence-electron chi connectivity index (χ2n) is 8.35. The first-order valence-electron chi connectivity index (χ1n) is 10.8. The van der Waals surface area contributed by atoms with Crippen LogP contribution < -0.4 is 15.5 Å². The topological polar surface area (TPSA) is 98.8 Å². The fraction of sp³-hybridized carbons (Fsp3) is 0.333. The predicted molar refractivity (Wildman–Crippen MR) is 120 cm³/mol. The molecule has 2 heterocycles. The largest absolute Gasteiger partial charge is 0.355 e. The van der Waals surface area contributed by atoms with Crippen molar-refractivity contribution in [2.75, 3.05) is 23.8 Å². The molecule has 172 valence electrons. The smallest absolute Gasteiger partial charge is 0.257 e. The summed E-state index contributed by atoms with van der Waals surface area (Å²) in [5.74, 6) is -1.77. The van der Waals surface area contributed by atoms with Crippen LogP contribution in [0.4, 0.5) is 15.8 Å². The summed E-state index contributed by atoms with van der Waals surface area (Å²) >= 11 is 0. The van der Waals surface area contributed by atoms with Crippen molar-refractivity contribution in [1.82, 2.24) is 10.2 Å². The maximum absolute atomic E-state index is 13.8. The molecule has 0 aliphatic carbocycles. The van der Waals surface area contributed by atoms with Crippen LogP contribution in [0.2, 0.25) is 0 Å². The molecule has 1 atom stereocenters. The summed E-state index contributed by atoms with van der Waals surface area (Å²) in [6, 6.07) is 10.9. The van der Waals surface area contributed by atoms with Crippen molar-refractivity contribution in [1.29, 1.82) is 0 Å². The fourth-order valence-corrected chi connectivity index (χ4v) is 4.57. The highest BCUT2D eigenvalue weighted by atomic mass is 19.1. The van der Waals surface area contributed by atoms with Crippen LogP contribution in [-0.2, 0) is 9.59 Å². The number of carbonyl (C=O) groups excluding carboxylic acids is 4. The van der Waals surface area contributed by atoms with E-state index in [1.807, 2.05) is 13.0 Å². The number of halogens is 1. The molecule has 2 aliphatic heterocycles. The summed E-state index contributed by atoms with van der Waals surface area (Å²) in [5.41, 5.74) is 0.486. The molecule has 4 rings (SSSR count). The Bertz CT molecular complexity index is 1150. The lowest BCUT2D eigenvalue weighted by Gasteiger charge is -2.48. The fourth-order valence-electron chi connectivity index (χ4n) is 4.57. The molecule has 0 bridgehead atoms. The summed E-state index contributed by atoms with van der Waals surface area (Å²) < 4.78 is 13.8. The van der Waals surface area contributed by atoms with Crippen LogP contribution in [0, 0.1) is 5.82 Å². The van der Waals surface area contributed by atoms with Crippen molar-refractivity contribution in [3.63, 3.8) is 0 Å². The minimum absolute atomic E-state index is 0.0246. The molecule has 2 N–H and O–H groups in total. The Labute approximate surface area is 190 Å². The number of nitrogens with zero attached hydrogens (tertiary/aromatic N) is 2. The van der Waals surface area contributed by atoms with Crippen LogP contribution in [0.3, 0.4) is 0 Å². The standard InChI is InChI=1S/C24H25FN4O4/c1-24-12-11-21(31)29(24)19-7-4-3-6-16(19)23(33)28(24)13-5-8-20(30)27-15-9-10-18(25)17(14-15)22(32)26-2/h3-4,6-7,9-10,14H,5,8,11-13H2,1-2H3,(H,26,32)(H,27,30). The molecule has 2 aliphatic rings. The summed E-state index contributed by atoms with van der Waals surface area (Å²) in [6.07, 6.45) is 1.37. The first kappa shape index (κ1) is 22.4. The quantitative estimate of drug-likeness (QED) is 0.704. The van der Waals surface area contributed by atoms with Gasteiger partial charge in [-0.1, -0.05) is 12.1 Å². The van der Waals surface area contributed by atoms with E-state index < -0.39 is 17.4 Å². The molecular weight excluding hydrogens is 427 g/mol. The number of fused-ring (bicyclic) bond motifs is 3. The Balaban J connectivity index is 1.43.